The first-order valence-electron chi connectivity index (χ1n) is 3.09. The molecule has 0 aromatic rings. The molecule has 11 heavy (non-hydrogen) atoms. The molecule has 0 aromatic carbocycles. The third-order valence-electron chi connectivity index (χ3n) is 1.02. The molecule has 0 saturated carbocycles. The van der Waals surface area contributed by atoms with Gasteiger partial charge in [-0.2, -0.15) is 0 Å². The van der Waals surface area contributed by atoms with E-state index in [4.69, 9.17) is 5.11 Å². The maximum atomic E-state index is 10.7. The lowest BCUT2D eigenvalue weighted by atomic mass is 10.3. The fraction of sp³-hybridized carbons (Fsp3) is 0.667. The Morgan fingerprint density at radius 3 is 2.55 bits per heavy atom. The van der Waals surface area contributed by atoms with Crippen molar-refractivity contribution in [2.75, 3.05) is 13.7 Å². The minimum absolute atomic E-state index is 0.113. The van der Waals surface area contributed by atoms with Gasteiger partial charge >= 0.3 is 5.97 Å². The second-order valence-electron chi connectivity index (χ2n) is 2.06. The van der Waals surface area contributed by atoms with Gasteiger partial charge in [-0.25, -0.2) is 0 Å². The van der Waals surface area contributed by atoms with Gasteiger partial charge in [0.2, 0.25) is 5.91 Å². The smallest absolute Gasteiger partial charge is 0.325 e. The van der Waals surface area contributed by atoms with Crippen LogP contribution in [0.15, 0.2) is 0 Å². The highest BCUT2D eigenvalue weighted by Crippen LogP contribution is 1.80. The molecule has 0 heterocycles. The lowest BCUT2D eigenvalue weighted by molar-refractivity contribution is -0.141. The van der Waals surface area contributed by atoms with Gasteiger partial charge in [-0.3, -0.25) is 9.59 Å². The average molecular weight is 161 g/mol. The second-order valence-corrected chi connectivity index (χ2v) is 2.06. The molecule has 5 heteroatoms. The van der Waals surface area contributed by atoms with Crippen LogP contribution in [-0.4, -0.2) is 36.7 Å². The van der Waals surface area contributed by atoms with Crippen molar-refractivity contribution in [2.45, 2.75) is 13.0 Å². The Morgan fingerprint density at radius 1 is 1.64 bits per heavy atom. The van der Waals surface area contributed by atoms with Gasteiger partial charge in [0, 0.05) is 7.11 Å². The Morgan fingerprint density at radius 2 is 2.18 bits per heavy atom. The SMILES string of the molecule is COCC(=O)N[C@H](C)C(=O)O. The maximum absolute atomic E-state index is 10.7. The normalized spacial score (nSPS) is 12.2. The number of amides is 1. The quantitative estimate of drug-likeness (QED) is 0.567. The van der Waals surface area contributed by atoms with Crippen LogP contribution in [0, 0.1) is 0 Å². The Labute approximate surface area is 64.3 Å². The zero-order chi connectivity index (χ0) is 8.85. The van der Waals surface area contributed by atoms with Crippen LogP contribution in [0.4, 0.5) is 0 Å². The van der Waals surface area contributed by atoms with Crippen LogP contribution >= 0.6 is 0 Å². The molecule has 0 saturated heterocycles. The molecule has 0 unspecified atom stereocenters. The van der Waals surface area contributed by atoms with E-state index in [9.17, 15) is 9.59 Å². The van der Waals surface area contributed by atoms with Crippen molar-refractivity contribution in [1.82, 2.24) is 5.32 Å². The number of methoxy groups -OCH3 is 1. The van der Waals surface area contributed by atoms with E-state index in [2.05, 4.69) is 10.1 Å². The van der Waals surface area contributed by atoms with Crippen LogP contribution in [-0.2, 0) is 14.3 Å². The summed E-state index contributed by atoms with van der Waals surface area (Å²) in [5.41, 5.74) is 0. The minimum atomic E-state index is -1.06. The first-order valence-corrected chi connectivity index (χ1v) is 3.09. The number of carboxylic acid groups (broad SMARTS) is 1. The third kappa shape index (κ3) is 4.32. The summed E-state index contributed by atoms with van der Waals surface area (Å²) in [6, 6.07) is -0.863. The summed E-state index contributed by atoms with van der Waals surface area (Å²) in [6.07, 6.45) is 0. The van der Waals surface area contributed by atoms with E-state index in [1.165, 1.54) is 14.0 Å². The lowest BCUT2D eigenvalue weighted by Gasteiger charge is -2.07. The molecule has 1 atom stereocenters. The molecule has 0 radical (unpaired) electrons. The fourth-order valence-electron chi connectivity index (χ4n) is 0.476. The summed E-state index contributed by atoms with van der Waals surface area (Å²) in [6.45, 7) is 1.27. The molecule has 0 fully saturated rings. The number of aliphatic carboxylic acids is 1. The van der Waals surface area contributed by atoms with Gasteiger partial charge in [0.15, 0.2) is 0 Å². The van der Waals surface area contributed by atoms with E-state index >= 15 is 0 Å². The van der Waals surface area contributed by atoms with E-state index in [-0.39, 0.29) is 6.61 Å². The van der Waals surface area contributed by atoms with E-state index in [1.807, 2.05) is 0 Å². The topological polar surface area (TPSA) is 75.6 Å². The van der Waals surface area contributed by atoms with Crippen molar-refractivity contribution in [1.29, 1.82) is 0 Å². The van der Waals surface area contributed by atoms with Crippen LogP contribution in [0.1, 0.15) is 6.92 Å². The molecule has 64 valence electrons. The van der Waals surface area contributed by atoms with Crippen LogP contribution in [0.2, 0.25) is 0 Å². The minimum Gasteiger partial charge on any atom is -0.480 e. The number of carboxylic acids is 1. The van der Waals surface area contributed by atoms with Crippen molar-refractivity contribution in [3.63, 3.8) is 0 Å². The number of carbonyl (C=O) groups is 2. The molecule has 0 bridgehead atoms. The van der Waals surface area contributed by atoms with Crippen LogP contribution in [0.5, 0.6) is 0 Å². The molecule has 0 aromatic heterocycles. The van der Waals surface area contributed by atoms with Crippen molar-refractivity contribution >= 4 is 11.9 Å². The molecule has 0 rings (SSSR count). The molecule has 1 amide bonds. The van der Waals surface area contributed by atoms with Crippen molar-refractivity contribution < 1.29 is 19.4 Å². The number of nitrogens with one attached hydrogen (secondary N) is 1. The fourth-order valence-corrected chi connectivity index (χ4v) is 0.476. The van der Waals surface area contributed by atoms with Crippen molar-refractivity contribution in [2.24, 2.45) is 0 Å². The van der Waals surface area contributed by atoms with Crippen LogP contribution in [0.3, 0.4) is 0 Å². The summed E-state index contributed by atoms with van der Waals surface area (Å²) in [4.78, 5) is 20.8. The zero-order valence-corrected chi connectivity index (χ0v) is 6.46. The van der Waals surface area contributed by atoms with Gasteiger partial charge < -0.3 is 15.2 Å². The van der Waals surface area contributed by atoms with Crippen LogP contribution < -0.4 is 5.32 Å². The Hall–Kier alpha value is -1.10. The molecule has 0 spiro atoms. The Bertz CT molecular complexity index is 157. The summed E-state index contributed by atoms with van der Waals surface area (Å²) in [7, 11) is 1.37. The number of rotatable bonds is 4. The summed E-state index contributed by atoms with van der Waals surface area (Å²) in [5, 5.41) is 10.6. The molecular weight excluding hydrogens is 150 g/mol. The standard InChI is InChI=1S/C6H11NO4/c1-4(6(9)10)7-5(8)3-11-2/h4H,3H2,1-2H3,(H,7,8)(H,9,10)/t4-/m1/s1. The molecule has 2 N–H and O–H groups in total. The first-order chi connectivity index (χ1) is 5.07. The molecule has 0 aliphatic heterocycles. The summed E-state index contributed by atoms with van der Waals surface area (Å²) >= 11 is 0. The largest absolute Gasteiger partial charge is 0.480 e. The average Bonchev–Trinajstić information content (AvgIpc) is 1.87. The highest BCUT2D eigenvalue weighted by atomic mass is 16.5. The summed E-state index contributed by atoms with van der Waals surface area (Å²) in [5.74, 6) is -1.49. The third-order valence-corrected chi connectivity index (χ3v) is 1.02. The van der Waals surface area contributed by atoms with Gasteiger partial charge in [0.25, 0.3) is 0 Å². The Balaban J connectivity index is 3.66. The lowest BCUT2D eigenvalue weighted by Crippen LogP contribution is -2.40. The molecule has 0 aliphatic rings. The molecule has 0 aliphatic carbocycles. The highest BCUT2D eigenvalue weighted by Gasteiger charge is 2.12. The second kappa shape index (κ2) is 4.68. The number of hydrogen-bond donors (Lipinski definition) is 2. The predicted molar refractivity (Wildman–Crippen MR) is 37.1 cm³/mol. The van der Waals surface area contributed by atoms with E-state index in [0.29, 0.717) is 0 Å². The van der Waals surface area contributed by atoms with Gasteiger partial charge in [-0.15, -0.1) is 0 Å². The Kier molecular flexibility index (Phi) is 4.21. The molecule has 5 nitrogen and oxygen atoms in total. The van der Waals surface area contributed by atoms with E-state index < -0.39 is 17.9 Å². The van der Waals surface area contributed by atoms with Gasteiger partial charge in [0.1, 0.15) is 12.6 Å². The number of carbonyl (C=O) groups excluding carboxylic acids is 1. The van der Waals surface area contributed by atoms with Crippen molar-refractivity contribution in [3.8, 4) is 0 Å². The van der Waals surface area contributed by atoms with Gasteiger partial charge in [-0.05, 0) is 6.92 Å². The monoisotopic (exact) mass is 161 g/mol. The van der Waals surface area contributed by atoms with E-state index in [1.54, 1.807) is 0 Å². The predicted octanol–water partition coefficient (Wildman–Crippen LogP) is -0.778. The summed E-state index contributed by atoms with van der Waals surface area (Å²) < 4.78 is 4.48. The van der Waals surface area contributed by atoms with Crippen molar-refractivity contribution in [3.05, 3.63) is 0 Å². The first kappa shape index (κ1) is 9.90. The van der Waals surface area contributed by atoms with E-state index in [0.717, 1.165) is 0 Å². The zero-order valence-electron chi connectivity index (χ0n) is 6.46. The maximum Gasteiger partial charge on any atom is 0.325 e. The highest BCUT2D eigenvalue weighted by molar-refractivity contribution is 5.83. The molecular formula is C6H11NO4. The van der Waals surface area contributed by atoms with Gasteiger partial charge in [0.05, 0.1) is 0 Å². The van der Waals surface area contributed by atoms with Gasteiger partial charge in [-0.1, -0.05) is 0 Å². The van der Waals surface area contributed by atoms with Crippen LogP contribution in [0.25, 0.3) is 0 Å². The number of hydrogen-bond acceptors (Lipinski definition) is 3. The number of ether oxygens (including phenoxy) is 1.